The lowest BCUT2D eigenvalue weighted by Crippen LogP contribution is -2.31. The number of phenolic OH excluding ortho intramolecular Hbond substituents is 1. The van der Waals surface area contributed by atoms with E-state index >= 15 is 0 Å². The van der Waals surface area contributed by atoms with Gasteiger partial charge in [-0.1, -0.05) is 42.0 Å². The molecule has 2 aliphatic rings. The summed E-state index contributed by atoms with van der Waals surface area (Å²) < 4.78 is 1.77. The normalized spacial score (nSPS) is 18.5. The van der Waals surface area contributed by atoms with Crippen LogP contribution in [-0.4, -0.2) is 25.7 Å². The van der Waals surface area contributed by atoms with Crippen LogP contribution in [0.1, 0.15) is 36.4 Å². The number of hydrogen-bond acceptors (Lipinski definition) is 5. The largest absolute Gasteiger partial charge is 0.508 e. The Morgan fingerprint density at radius 2 is 1.96 bits per heavy atom. The van der Waals surface area contributed by atoms with Crippen LogP contribution < -0.4 is 5.32 Å². The van der Waals surface area contributed by atoms with Gasteiger partial charge in [-0.15, -0.1) is 5.10 Å². The van der Waals surface area contributed by atoms with Gasteiger partial charge in [0.25, 0.3) is 0 Å². The van der Waals surface area contributed by atoms with Gasteiger partial charge in [-0.2, -0.15) is 4.98 Å². The molecule has 28 heavy (non-hydrogen) atoms. The number of carbonyl (C=O) groups is 1. The van der Waals surface area contributed by atoms with Crippen molar-refractivity contribution in [2.45, 2.75) is 32.2 Å². The summed E-state index contributed by atoms with van der Waals surface area (Å²) in [6.45, 7) is 2.04. The molecule has 6 nitrogen and oxygen atoms in total. The zero-order valence-corrected chi connectivity index (χ0v) is 15.5. The summed E-state index contributed by atoms with van der Waals surface area (Å²) in [5, 5.41) is 18.1. The van der Waals surface area contributed by atoms with Crippen LogP contribution in [-0.2, 0) is 4.79 Å². The molecular formula is C22H20N4O2. The maximum absolute atomic E-state index is 12.8. The number of nitrogens with zero attached hydrogens (tertiary/aromatic N) is 3. The molecular weight excluding hydrogens is 352 g/mol. The number of ketones is 1. The summed E-state index contributed by atoms with van der Waals surface area (Å²) in [6.07, 6.45) is 2.17. The Morgan fingerprint density at radius 3 is 2.75 bits per heavy atom. The van der Waals surface area contributed by atoms with Gasteiger partial charge in [0.2, 0.25) is 5.95 Å². The lowest BCUT2D eigenvalue weighted by molar-refractivity contribution is -0.116. The monoisotopic (exact) mass is 372 g/mol. The fraction of sp³-hybridized carbons (Fsp3) is 0.227. The number of aromatic nitrogens is 3. The Labute approximate surface area is 162 Å². The third-order valence-corrected chi connectivity index (χ3v) is 5.36. The van der Waals surface area contributed by atoms with Crippen LogP contribution in [0.2, 0.25) is 0 Å². The van der Waals surface area contributed by atoms with Crippen molar-refractivity contribution in [2.75, 3.05) is 5.32 Å². The van der Waals surface area contributed by atoms with Crippen LogP contribution >= 0.6 is 0 Å². The van der Waals surface area contributed by atoms with Gasteiger partial charge in [-0.05, 0) is 37.5 Å². The molecule has 0 radical (unpaired) electrons. The molecule has 0 amide bonds. The van der Waals surface area contributed by atoms with E-state index in [1.165, 1.54) is 5.56 Å². The van der Waals surface area contributed by atoms with Crippen LogP contribution in [0.5, 0.6) is 5.75 Å². The quantitative estimate of drug-likeness (QED) is 0.711. The van der Waals surface area contributed by atoms with Crippen LogP contribution in [0.4, 0.5) is 5.95 Å². The van der Waals surface area contributed by atoms with E-state index in [1.54, 1.807) is 22.9 Å². The zero-order valence-electron chi connectivity index (χ0n) is 15.5. The Morgan fingerprint density at radius 1 is 1.14 bits per heavy atom. The highest BCUT2D eigenvalue weighted by Crippen LogP contribution is 2.41. The molecule has 0 saturated heterocycles. The van der Waals surface area contributed by atoms with E-state index in [1.807, 2.05) is 37.3 Å². The number of aryl methyl sites for hydroxylation is 1. The summed E-state index contributed by atoms with van der Waals surface area (Å²) in [5.41, 5.74) is 4.56. The lowest BCUT2D eigenvalue weighted by Gasteiger charge is -2.32. The van der Waals surface area contributed by atoms with Crippen LogP contribution in [0.3, 0.4) is 0 Å². The molecule has 1 atom stereocenters. The van der Waals surface area contributed by atoms with Crippen LogP contribution in [0.15, 0.2) is 59.8 Å². The van der Waals surface area contributed by atoms with E-state index in [0.29, 0.717) is 18.2 Å². The molecule has 2 N–H and O–H groups in total. The fourth-order valence-corrected chi connectivity index (χ4v) is 3.98. The van der Waals surface area contributed by atoms with Crippen molar-refractivity contribution in [1.82, 2.24) is 14.8 Å². The molecule has 0 bridgehead atoms. The molecule has 1 aliphatic heterocycles. The van der Waals surface area contributed by atoms with Gasteiger partial charge < -0.3 is 10.4 Å². The summed E-state index contributed by atoms with van der Waals surface area (Å²) in [7, 11) is 0. The Bertz CT molecular complexity index is 1110. The third-order valence-electron chi connectivity index (χ3n) is 5.36. The SMILES string of the molecule is Cc1ccc(-c2nc3n(n2)[C@H](c2cccc(O)c2)C2=C(CCCC2=O)N3)cc1. The first-order valence-corrected chi connectivity index (χ1v) is 9.46. The summed E-state index contributed by atoms with van der Waals surface area (Å²) in [6, 6.07) is 14.7. The molecule has 1 aliphatic carbocycles. The molecule has 3 aromatic rings. The average molecular weight is 372 g/mol. The second-order valence-electron chi connectivity index (χ2n) is 7.36. The number of hydrogen-bond donors (Lipinski definition) is 2. The molecule has 2 heterocycles. The van der Waals surface area contributed by atoms with Gasteiger partial charge in [0.05, 0.1) is 0 Å². The molecule has 0 saturated carbocycles. The number of allylic oxidation sites excluding steroid dienone is 2. The summed E-state index contributed by atoms with van der Waals surface area (Å²) >= 11 is 0. The number of benzene rings is 2. The zero-order chi connectivity index (χ0) is 19.3. The average Bonchev–Trinajstić information content (AvgIpc) is 3.10. The van der Waals surface area contributed by atoms with E-state index in [4.69, 9.17) is 10.1 Å². The van der Waals surface area contributed by atoms with E-state index in [9.17, 15) is 9.90 Å². The number of phenols is 1. The third kappa shape index (κ3) is 2.69. The number of fused-ring (bicyclic) bond motifs is 1. The van der Waals surface area contributed by atoms with Gasteiger partial charge in [0.1, 0.15) is 11.8 Å². The molecule has 6 heteroatoms. The first-order chi connectivity index (χ1) is 13.6. The van der Waals surface area contributed by atoms with Crippen molar-refractivity contribution >= 4 is 11.7 Å². The van der Waals surface area contributed by atoms with E-state index < -0.39 is 6.04 Å². The van der Waals surface area contributed by atoms with Crippen LogP contribution in [0, 0.1) is 6.92 Å². The second kappa shape index (κ2) is 6.34. The molecule has 1 aromatic heterocycles. The molecule has 0 spiro atoms. The molecule has 0 fully saturated rings. The lowest BCUT2D eigenvalue weighted by atomic mass is 9.85. The fourth-order valence-electron chi connectivity index (χ4n) is 3.98. The van der Waals surface area contributed by atoms with Gasteiger partial charge in [0, 0.05) is 23.3 Å². The predicted molar refractivity (Wildman–Crippen MR) is 106 cm³/mol. The highest BCUT2D eigenvalue weighted by atomic mass is 16.3. The van der Waals surface area contributed by atoms with Gasteiger partial charge in [-0.3, -0.25) is 4.79 Å². The minimum Gasteiger partial charge on any atom is -0.508 e. The maximum atomic E-state index is 12.8. The first-order valence-electron chi connectivity index (χ1n) is 9.46. The van der Waals surface area contributed by atoms with Crippen molar-refractivity contribution < 1.29 is 9.90 Å². The highest BCUT2D eigenvalue weighted by Gasteiger charge is 2.37. The van der Waals surface area contributed by atoms with Crippen molar-refractivity contribution in [3.63, 3.8) is 0 Å². The first kappa shape index (κ1) is 16.7. The summed E-state index contributed by atoms with van der Waals surface area (Å²) in [5.74, 6) is 1.53. The number of rotatable bonds is 2. The number of nitrogens with one attached hydrogen (secondary N) is 1. The van der Waals surface area contributed by atoms with E-state index in [0.717, 1.165) is 35.2 Å². The summed E-state index contributed by atoms with van der Waals surface area (Å²) in [4.78, 5) is 17.5. The number of aromatic hydroxyl groups is 1. The minimum absolute atomic E-state index is 0.125. The topological polar surface area (TPSA) is 80.0 Å². The van der Waals surface area contributed by atoms with Crippen LogP contribution in [0.25, 0.3) is 11.4 Å². The Hall–Kier alpha value is -3.41. The standard InChI is InChI=1S/C22H20N4O2/c1-13-8-10-14(11-9-13)21-24-22-23-17-6-3-7-18(28)19(17)20(26(22)25-21)15-4-2-5-16(27)12-15/h2,4-5,8-12,20,27H,3,6-7H2,1H3,(H,23,24,25)/t20-/m1/s1. The van der Waals surface area contributed by atoms with Crippen molar-refractivity contribution in [3.8, 4) is 17.1 Å². The number of carbonyl (C=O) groups excluding carboxylic acids is 1. The van der Waals surface area contributed by atoms with Crippen molar-refractivity contribution in [2.24, 2.45) is 0 Å². The highest BCUT2D eigenvalue weighted by molar-refractivity contribution is 5.99. The number of anilines is 1. The Balaban J connectivity index is 1.68. The molecule has 0 unspecified atom stereocenters. The molecule has 140 valence electrons. The van der Waals surface area contributed by atoms with Gasteiger partial charge in [0.15, 0.2) is 11.6 Å². The smallest absolute Gasteiger partial charge is 0.226 e. The van der Waals surface area contributed by atoms with Gasteiger partial charge >= 0.3 is 0 Å². The predicted octanol–water partition coefficient (Wildman–Crippen LogP) is 3.98. The molecule has 2 aromatic carbocycles. The van der Waals surface area contributed by atoms with E-state index in [-0.39, 0.29) is 11.5 Å². The Kier molecular flexibility index (Phi) is 3.79. The van der Waals surface area contributed by atoms with Crippen molar-refractivity contribution in [3.05, 3.63) is 70.9 Å². The van der Waals surface area contributed by atoms with Gasteiger partial charge in [-0.25, -0.2) is 4.68 Å². The number of Topliss-reactive ketones (excluding diaryl/α,β-unsaturated/α-hetero) is 1. The second-order valence-corrected chi connectivity index (χ2v) is 7.36. The molecule has 5 rings (SSSR count). The van der Waals surface area contributed by atoms with E-state index in [2.05, 4.69) is 5.32 Å². The minimum atomic E-state index is -0.391. The maximum Gasteiger partial charge on any atom is 0.226 e. The van der Waals surface area contributed by atoms with Crippen molar-refractivity contribution in [1.29, 1.82) is 0 Å².